The van der Waals surface area contributed by atoms with Gasteiger partial charge in [0.15, 0.2) is 0 Å². The van der Waals surface area contributed by atoms with Crippen molar-refractivity contribution in [2.45, 2.75) is 13.3 Å². The van der Waals surface area contributed by atoms with Gasteiger partial charge in [0, 0.05) is 18.8 Å². The third kappa shape index (κ3) is 1.24. The van der Waals surface area contributed by atoms with E-state index in [1.807, 2.05) is 6.92 Å². The van der Waals surface area contributed by atoms with E-state index in [0.29, 0.717) is 12.0 Å². The highest BCUT2D eigenvalue weighted by molar-refractivity contribution is 5.03. The van der Waals surface area contributed by atoms with E-state index in [1.165, 1.54) is 13.2 Å². The van der Waals surface area contributed by atoms with Crippen molar-refractivity contribution in [1.29, 1.82) is 0 Å². The third-order valence-corrected chi connectivity index (χ3v) is 1.63. The summed E-state index contributed by atoms with van der Waals surface area (Å²) in [6, 6.07) is 0. The lowest BCUT2D eigenvalue weighted by Gasteiger charge is -1.97. The van der Waals surface area contributed by atoms with E-state index < -0.39 is 0 Å². The second-order valence-corrected chi connectivity index (χ2v) is 2.34. The number of hydrogen-bond donors (Lipinski definition) is 1. The molecule has 0 saturated heterocycles. The van der Waals surface area contributed by atoms with Crippen molar-refractivity contribution in [3.63, 3.8) is 0 Å². The lowest BCUT2D eigenvalue weighted by atomic mass is 10.3. The minimum atomic E-state index is -0.368. The van der Waals surface area contributed by atoms with Crippen LogP contribution in [0.4, 0.5) is 0 Å². The molecule has 0 saturated carbocycles. The highest BCUT2D eigenvalue weighted by Crippen LogP contribution is 1.84. The molecule has 0 atom stereocenters. The van der Waals surface area contributed by atoms with Gasteiger partial charge in [-0.15, -0.1) is 0 Å². The smallest absolute Gasteiger partial charge is 0.314 e. The van der Waals surface area contributed by atoms with Gasteiger partial charge in [-0.2, -0.15) is 0 Å². The van der Waals surface area contributed by atoms with Crippen molar-refractivity contribution in [3.05, 3.63) is 32.6 Å². The van der Waals surface area contributed by atoms with E-state index in [-0.39, 0.29) is 11.2 Å². The summed E-state index contributed by atoms with van der Waals surface area (Å²) in [5, 5.41) is 0. The fourth-order valence-electron chi connectivity index (χ4n) is 0.868. The molecule has 1 aromatic rings. The van der Waals surface area contributed by atoms with Crippen LogP contribution in [0.1, 0.15) is 12.5 Å². The molecule has 1 rings (SSSR count). The average Bonchev–Trinajstić information content (AvgIpc) is 2.01. The van der Waals surface area contributed by atoms with Crippen LogP contribution in [0, 0.1) is 0 Å². The molecule has 60 valence electrons. The molecule has 1 heterocycles. The van der Waals surface area contributed by atoms with Gasteiger partial charge in [-0.3, -0.25) is 9.36 Å². The molecule has 0 radical (unpaired) electrons. The number of H-pyrrole nitrogens is 1. The first kappa shape index (κ1) is 7.78. The molecule has 1 aromatic heterocycles. The second-order valence-electron chi connectivity index (χ2n) is 2.34. The predicted octanol–water partition coefficient (Wildman–Crippen LogP) is -0.364. The maximum absolute atomic E-state index is 11.2. The Balaban J connectivity index is 3.50. The first-order valence-electron chi connectivity index (χ1n) is 3.44. The van der Waals surface area contributed by atoms with E-state index in [9.17, 15) is 9.59 Å². The summed E-state index contributed by atoms with van der Waals surface area (Å²) in [4.78, 5) is 24.4. The van der Waals surface area contributed by atoms with E-state index in [0.717, 1.165) is 4.57 Å². The topological polar surface area (TPSA) is 54.9 Å². The minimum absolute atomic E-state index is 0.212. The van der Waals surface area contributed by atoms with E-state index >= 15 is 0 Å². The molecular formula is C7H10N2O2. The summed E-state index contributed by atoms with van der Waals surface area (Å²) in [6.07, 6.45) is 2.11. The molecule has 0 spiro atoms. The number of aryl methyl sites for hydroxylation is 1. The van der Waals surface area contributed by atoms with E-state index in [4.69, 9.17) is 0 Å². The maximum Gasteiger partial charge on any atom is 0.328 e. The first-order valence-corrected chi connectivity index (χ1v) is 3.44. The van der Waals surface area contributed by atoms with Gasteiger partial charge in [0.2, 0.25) is 0 Å². The number of nitrogens with zero attached hydrogens (tertiary/aromatic N) is 1. The summed E-state index contributed by atoms with van der Waals surface area (Å²) in [5.74, 6) is 0. The SMILES string of the molecule is CCc1c[nH]c(=O)n(C)c1=O. The zero-order valence-electron chi connectivity index (χ0n) is 6.55. The van der Waals surface area contributed by atoms with Crippen LogP contribution >= 0.6 is 0 Å². The monoisotopic (exact) mass is 154 g/mol. The van der Waals surface area contributed by atoms with E-state index in [2.05, 4.69) is 4.98 Å². The van der Waals surface area contributed by atoms with Crippen molar-refractivity contribution in [2.24, 2.45) is 7.05 Å². The van der Waals surface area contributed by atoms with Gasteiger partial charge in [-0.25, -0.2) is 4.79 Å². The molecule has 0 bridgehead atoms. The molecule has 0 unspecified atom stereocenters. The molecule has 0 amide bonds. The Kier molecular flexibility index (Phi) is 1.94. The summed E-state index contributed by atoms with van der Waals surface area (Å²) in [7, 11) is 1.46. The lowest BCUT2D eigenvalue weighted by Crippen LogP contribution is -2.34. The zero-order chi connectivity index (χ0) is 8.43. The summed E-state index contributed by atoms with van der Waals surface area (Å²) < 4.78 is 1.07. The molecule has 0 fully saturated rings. The van der Waals surface area contributed by atoms with Crippen LogP contribution in [-0.4, -0.2) is 9.55 Å². The summed E-state index contributed by atoms with van der Waals surface area (Å²) in [5.41, 5.74) is 0.0514. The first-order chi connectivity index (χ1) is 5.16. The molecule has 11 heavy (non-hydrogen) atoms. The highest BCUT2D eigenvalue weighted by atomic mass is 16.2. The van der Waals surface area contributed by atoms with Gasteiger partial charge < -0.3 is 4.98 Å². The second kappa shape index (κ2) is 2.74. The van der Waals surface area contributed by atoms with Crippen molar-refractivity contribution in [2.75, 3.05) is 0 Å². The van der Waals surface area contributed by atoms with Crippen LogP contribution < -0.4 is 11.2 Å². The number of rotatable bonds is 1. The van der Waals surface area contributed by atoms with Crippen molar-refractivity contribution in [3.8, 4) is 0 Å². The fraction of sp³-hybridized carbons (Fsp3) is 0.429. The molecule has 4 heteroatoms. The zero-order valence-corrected chi connectivity index (χ0v) is 6.55. The van der Waals surface area contributed by atoms with Crippen LogP contribution in [0.15, 0.2) is 15.8 Å². The summed E-state index contributed by atoms with van der Waals surface area (Å²) in [6.45, 7) is 1.87. The lowest BCUT2D eigenvalue weighted by molar-refractivity contribution is 0.755. The Morgan fingerprint density at radius 1 is 1.55 bits per heavy atom. The minimum Gasteiger partial charge on any atom is -0.314 e. The quantitative estimate of drug-likeness (QED) is 0.600. The molecule has 0 aliphatic heterocycles. The Labute approximate surface area is 63.5 Å². The molecule has 1 N–H and O–H groups in total. The molecule has 0 aliphatic rings. The van der Waals surface area contributed by atoms with Crippen molar-refractivity contribution < 1.29 is 0 Å². The standard InChI is InChI=1S/C7H10N2O2/c1-3-5-4-8-7(11)9(2)6(5)10/h4H,3H2,1-2H3,(H,8,11). The predicted molar refractivity (Wildman–Crippen MR) is 41.7 cm³/mol. The van der Waals surface area contributed by atoms with Crippen LogP contribution in [-0.2, 0) is 13.5 Å². The van der Waals surface area contributed by atoms with Gasteiger partial charge in [-0.1, -0.05) is 6.92 Å². The highest BCUT2D eigenvalue weighted by Gasteiger charge is 1.99. The normalized spacial score (nSPS) is 10.0. The van der Waals surface area contributed by atoms with Gasteiger partial charge in [0.05, 0.1) is 0 Å². The Hall–Kier alpha value is -1.32. The Morgan fingerprint density at radius 2 is 2.18 bits per heavy atom. The van der Waals surface area contributed by atoms with Crippen molar-refractivity contribution >= 4 is 0 Å². The van der Waals surface area contributed by atoms with E-state index in [1.54, 1.807) is 0 Å². The van der Waals surface area contributed by atoms with Crippen molar-refractivity contribution in [1.82, 2.24) is 9.55 Å². The average molecular weight is 154 g/mol. The molecule has 0 aromatic carbocycles. The van der Waals surface area contributed by atoms with Crippen LogP contribution in [0.5, 0.6) is 0 Å². The Bertz CT molecular complexity index is 361. The van der Waals surface area contributed by atoms with Crippen LogP contribution in [0.3, 0.4) is 0 Å². The summed E-state index contributed by atoms with van der Waals surface area (Å²) >= 11 is 0. The number of aromatic amines is 1. The van der Waals surface area contributed by atoms with Crippen LogP contribution in [0.25, 0.3) is 0 Å². The fourth-order valence-corrected chi connectivity index (χ4v) is 0.868. The largest absolute Gasteiger partial charge is 0.328 e. The van der Waals surface area contributed by atoms with Crippen LogP contribution in [0.2, 0.25) is 0 Å². The number of nitrogens with one attached hydrogen (secondary N) is 1. The van der Waals surface area contributed by atoms with Gasteiger partial charge in [-0.05, 0) is 6.42 Å². The van der Waals surface area contributed by atoms with Gasteiger partial charge >= 0.3 is 5.69 Å². The van der Waals surface area contributed by atoms with Gasteiger partial charge in [0.1, 0.15) is 0 Å². The molecule has 0 aliphatic carbocycles. The maximum atomic E-state index is 11.2. The molecule has 4 nitrogen and oxygen atoms in total. The van der Waals surface area contributed by atoms with Gasteiger partial charge in [0.25, 0.3) is 5.56 Å². The number of hydrogen-bond acceptors (Lipinski definition) is 2. The third-order valence-electron chi connectivity index (χ3n) is 1.63. The number of aromatic nitrogens is 2. The molecular weight excluding hydrogens is 144 g/mol. The Morgan fingerprint density at radius 3 is 2.73 bits per heavy atom.